The molecule has 0 aliphatic rings. The zero-order valence-electron chi connectivity index (χ0n) is 22.0. The Balaban J connectivity index is 1.47. The lowest BCUT2D eigenvalue weighted by molar-refractivity contribution is -0.117. The molecule has 4 rings (SSSR count). The lowest BCUT2D eigenvalue weighted by Gasteiger charge is -2.30. The number of carbonyl (C=O) groups is 2. The van der Waals surface area contributed by atoms with Crippen LogP contribution in [0.1, 0.15) is 38.5 Å². The molecular formula is C28H30B3N3O3. The summed E-state index contributed by atoms with van der Waals surface area (Å²) >= 11 is 0. The van der Waals surface area contributed by atoms with Crippen molar-refractivity contribution in [2.45, 2.75) is 31.7 Å². The molecule has 0 bridgehead atoms. The number of benzene rings is 3. The number of nitrogens with two attached hydrogens (primary N) is 1. The van der Waals surface area contributed by atoms with Crippen LogP contribution in [0.15, 0.2) is 72.9 Å². The van der Waals surface area contributed by atoms with Crippen molar-refractivity contribution >= 4 is 57.5 Å². The number of hydrogen-bond donors (Lipinski definition) is 2. The van der Waals surface area contributed by atoms with Gasteiger partial charge in [-0.1, -0.05) is 48.0 Å². The van der Waals surface area contributed by atoms with E-state index in [1.165, 1.54) is 0 Å². The molecule has 37 heavy (non-hydrogen) atoms. The van der Waals surface area contributed by atoms with Crippen LogP contribution < -0.4 is 16.6 Å². The Kier molecular flexibility index (Phi) is 7.55. The summed E-state index contributed by atoms with van der Waals surface area (Å²) in [5, 5.41) is 4.28. The topological polar surface area (TPSA) is 94.3 Å². The van der Waals surface area contributed by atoms with Gasteiger partial charge in [-0.25, -0.2) is 4.79 Å². The number of hydrogen-bond acceptors (Lipinski definition) is 5. The number of pyridine rings is 1. The maximum absolute atomic E-state index is 13.4. The molecule has 0 saturated carbocycles. The Labute approximate surface area is 220 Å². The average Bonchev–Trinajstić information content (AvgIpc) is 2.82. The van der Waals surface area contributed by atoms with Gasteiger partial charge < -0.3 is 15.8 Å². The molecule has 0 aliphatic heterocycles. The molecule has 0 saturated heterocycles. The van der Waals surface area contributed by atoms with Gasteiger partial charge in [0.05, 0.1) is 11.5 Å². The van der Waals surface area contributed by atoms with Gasteiger partial charge in [0, 0.05) is 17.5 Å². The van der Waals surface area contributed by atoms with E-state index in [4.69, 9.17) is 10.5 Å². The second-order valence-electron chi connectivity index (χ2n) is 10.2. The number of nitrogens with zero attached hydrogens (tertiary/aromatic N) is 1. The highest BCUT2D eigenvalue weighted by atomic mass is 16.5. The highest BCUT2D eigenvalue weighted by molar-refractivity contribution is 6.42. The Morgan fingerprint density at radius 1 is 1.03 bits per heavy atom. The molecule has 3 N–H and O–H groups in total. The van der Waals surface area contributed by atoms with Crippen LogP contribution in [-0.2, 0) is 16.1 Å². The van der Waals surface area contributed by atoms with Crippen molar-refractivity contribution in [2.24, 2.45) is 5.73 Å². The van der Waals surface area contributed by atoms with E-state index >= 15 is 0 Å². The number of ether oxygens (including phenoxy) is 1. The first kappa shape index (κ1) is 26.2. The second kappa shape index (κ2) is 10.6. The van der Waals surface area contributed by atoms with Crippen molar-refractivity contribution in [2.75, 3.05) is 5.32 Å². The first-order valence-corrected chi connectivity index (χ1v) is 12.3. The molecule has 1 aromatic heterocycles. The molecule has 1 atom stereocenters. The lowest BCUT2D eigenvalue weighted by atomic mass is 9.54. The van der Waals surface area contributed by atoms with Gasteiger partial charge in [0.25, 0.3) is 0 Å². The lowest BCUT2D eigenvalue weighted by Crippen LogP contribution is -2.51. The van der Waals surface area contributed by atoms with Crippen molar-refractivity contribution in [1.29, 1.82) is 0 Å². The largest absolute Gasteiger partial charge is 0.457 e. The quantitative estimate of drug-likeness (QED) is 0.300. The summed E-state index contributed by atoms with van der Waals surface area (Å²) in [5.74, 6) is -1.14. The van der Waals surface area contributed by atoms with Gasteiger partial charge >= 0.3 is 5.97 Å². The zero-order chi connectivity index (χ0) is 26.7. The van der Waals surface area contributed by atoms with Crippen LogP contribution >= 0.6 is 0 Å². The highest BCUT2D eigenvalue weighted by Crippen LogP contribution is 2.26. The van der Waals surface area contributed by atoms with Crippen molar-refractivity contribution in [1.82, 2.24) is 4.98 Å². The first-order valence-electron chi connectivity index (χ1n) is 12.3. The number of carbonyl (C=O) groups excluding carboxylic acids is 2. The number of aryl methyl sites for hydroxylation is 2. The van der Waals surface area contributed by atoms with Crippen LogP contribution in [0.5, 0.6) is 0 Å². The third kappa shape index (κ3) is 6.12. The van der Waals surface area contributed by atoms with Crippen LogP contribution in [0, 0.1) is 13.8 Å². The molecule has 1 heterocycles. The average molecular weight is 489 g/mol. The number of fused-ring (bicyclic) bond motifs is 1. The van der Waals surface area contributed by atoms with Gasteiger partial charge in [-0.15, -0.1) is 0 Å². The zero-order valence-corrected chi connectivity index (χ0v) is 22.0. The molecule has 0 unspecified atom stereocenters. The fourth-order valence-electron chi connectivity index (χ4n) is 4.62. The van der Waals surface area contributed by atoms with E-state index in [1.54, 1.807) is 12.3 Å². The van der Waals surface area contributed by atoms with Crippen molar-refractivity contribution in [3.05, 3.63) is 101 Å². The van der Waals surface area contributed by atoms with Crippen LogP contribution in [0.25, 0.3) is 10.8 Å². The molecular weight excluding hydrogens is 459 g/mol. The van der Waals surface area contributed by atoms with Crippen molar-refractivity contribution in [3.63, 3.8) is 0 Å². The van der Waals surface area contributed by atoms with Gasteiger partial charge in [-0.2, -0.15) is 0 Å². The predicted octanol–water partition coefficient (Wildman–Crippen LogP) is 1.07. The first-order chi connectivity index (χ1) is 17.5. The molecule has 0 fully saturated rings. The monoisotopic (exact) mass is 489 g/mol. The molecule has 1 amide bonds. The number of anilines is 1. The molecule has 9 heteroatoms. The maximum Gasteiger partial charge on any atom is 0.338 e. The fourth-order valence-corrected chi connectivity index (χ4v) is 4.62. The van der Waals surface area contributed by atoms with E-state index in [0.717, 1.165) is 38.6 Å². The van der Waals surface area contributed by atoms with E-state index in [2.05, 4.69) is 10.3 Å². The molecule has 0 aliphatic carbocycles. The number of rotatable bonds is 7. The minimum Gasteiger partial charge on any atom is -0.457 e. The van der Waals surface area contributed by atoms with Gasteiger partial charge in [0.15, 0.2) is 7.85 Å². The highest BCUT2D eigenvalue weighted by Gasteiger charge is 2.33. The van der Waals surface area contributed by atoms with E-state index in [9.17, 15) is 9.59 Å². The van der Waals surface area contributed by atoms with Crippen LogP contribution in [0.2, 0.25) is 0 Å². The molecule has 0 radical (unpaired) electrons. The van der Waals surface area contributed by atoms with Crippen LogP contribution in [-0.4, -0.2) is 45.7 Å². The Morgan fingerprint density at radius 2 is 1.76 bits per heavy atom. The second-order valence-corrected chi connectivity index (χ2v) is 10.2. The summed E-state index contributed by atoms with van der Waals surface area (Å²) in [6.07, 6.45) is 1.76. The van der Waals surface area contributed by atoms with E-state index in [-0.39, 0.29) is 18.5 Å². The Hall–Kier alpha value is -3.84. The molecule has 0 spiro atoms. The summed E-state index contributed by atoms with van der Waals surface area (Å²) in [4.78, 5) is 30.2. The van der Waals surface area contributed by atoms with E-state index in [0.29, 0.717) is 11.3 Å². The van der Waals surface area contributed by atoms with Gasteiger partial charge in [0.2, 0.25) is 5.91 Å². The van der Waals surface area contributed by atoms with Gasteiger partial charge in [-0.05, 0) is 70.9 Å². The molecule has 6 nitrogen and oxygen atoms in total. The molecule has 4 aromatic rings. The number of aromatic nitrogens is 1. The summed E-state index contributed by atoms with van der Waals surface area (Å²) in [6, 6.07) is 20.8. The van der Waals surface area contributed by atoms with Crippen LogP contribution in [0.4, 0.5) is 5.69 Å². The third-order valence-corrected chi connectivity index (χ3v) is 6.52. The number of amides is 1. The number of esters is 1. The standard InChI is InChI=1S/C28H30B3N3O3/c1-16-3-9-22(17(2)13-16)27(36)37-15-18-4-6-19(7-5-18)24(28(30,31)32)26(35)34-21-8-10-23-20(14-21)11-12-33-25(23)29/h3-14,24H,15,29-32H2,1-2H3,(H,34,35)/t24-/m1/s1. The predicted molar refractivity (Wildman–Crippen MR) is 157 cm³/mol. The van der Waals surface area contributed by atoms with E-state index < -0.39 is 11.3 Å². The summed E-state index contributed by atoms with van der Waals surface area (Å²) in [5.41, 5.74) is 12.3. The Bertz CT molecular complexity index is 1470. The number of nitrogens with one attached hydrogen (secondary N) is 1. The fraction of sp³-hybridized carbons (Fsp3) is 0.179. The van der Waals surface area contributed by atoms with Gasteiger partial charge in [0.1, 0.15) is 22.3 Å². The maximum atomic E-state index is 13.4. The minimum atomic E-state index is -0.807. The smallest absolute Gasteiger partial charge is 0.338 e. The SMILES string of the molecule is Bc1nccc2cc(NC(=O)[C@@H](c3ccc(COC(=O)c4ccc(C)cc4C)cc3)C(B)(B)N)ccc12. The van der Waals surface area contributed by atoms with Crippen molar-refractivity contribution in [3.8, 4) is 0 Å². The third-order valence-electron chi connectivity index (χ3n) is 6.52. The summed E-state index contributed by atoms with van der Waals surface area (Å²) in [7, 11) is 5.64. The molecule has 184 valence electrons. The summed E-state index contributed by atoms with van der Waals surface area (Å²) in [6.45, 7) is 4.02. The summed E-state index contributed by atoms with van der Waals surface area (Å²) < 4.78 is 5.53. The van der Waals surface area contributed by atoms with Gasteiger partial charge in [-0.3, -0.25) is 9.78 Å². The van der Waals surface area contributed by atoms with Crippen LogP contribution in [0.3, 0.4) is 0 Å². The Morgan fingerprint density at radius 3 is 2.43 bits per heavy atom. The van der Waals surface area contributed by atoms with E-state index in [1.807, 2.05) is 98.0 Å². The minimum absolute atomic E-state index is 0.140. The molecule has 3 aromatic carbocycles. The normalized spacial score (nSPS) is 12.2. The van der Waals surface area contributed by atoms with Crippen molar-refractivity contribution < 1.29 is 14.3 Å².